The van der Waals surface area contributed by atoms with Crippen molar-refractivity contribution in [1.29, 1.82) is 0 Å². The Morgan fingerprint density at radius 2 is 1.79 bits per heavy atom. The summed E-state index contributed by atoms with van der Waals surface area (Å²) in [6.45, 7) is 5.27. The molecular weight excluding hydrogens is 440 g/mol. The molecule has 9 nitrogen and oxygen atoms in total. The van der Waals surface area contributed by atoms with Gasteiger partial charge in [-0.25, -0.2) is 0 Å². The fourth-order valence-electron chi connectivity index (χ4n) is 4.23. The number of rotatable bonds is 2. The molecule has 0 saturated carbocycles. The van der Waals surface area contributed by atoms with E-state index in [0.717, 1.165) is 23.2 Å². The maximum Gasteiger partial charge on any atom is 0.253 e. The molecule has 1 aliphatic heterocycles. The SMILES string of the molecule is CO[C@H]1CN(C(C)=O)CCCN(C(=O)c2ccc3oc(C)cc3c2)CCCCOC[C@H](O)[C@@H]1O. The Labute approximate surface area is 200 Å². The zero-order chi connectivity index (χ0) is 24.7. The van der Waals surface area contributed by atoms with E-state index in [1.165, 1.54) is 14.0 Å². The van der Waals surface area contributed by atoms with E-state index in [4.69, 9.17) is 13.9 Å². The zero-order valence-corrected chi connectivity index (χ0v) is 20.2. The van der Waals surface area contributed by atoms with Crippen LogP contribution in [0.5, 0.6) is 0 Å². The largest absolute Gasteiger partial charge is 0.461 e. The van der Waals surface area contributed by atoms with Gasteiger partial charge in [-0.2, -0.15) is 0 Å². The summed E-state index contributed by atoms with van der Waals surface area (Å²) >= 11 is 0. The molecule has 3 rings (SSSR count). The lowest BCUT2D eigenvalue weighted by atomic mass is 10.1. The maximum atomic E-state index is 13.3. The number of carbonyl (C=O) groups is 2. The lowest BCUT2D eigenvalue weighted by Gasteiger charge is -2.31. The highest BCUT2D eigenvalue weighted by atomic mass is 16.5. The fraction of sp³-hybridized carbons (Fsp3) is 0.600. The van der Waals surface area contributed by atoms with E-state index < -0.39 is 18.3 Å². The monoisotopic (exact) mass is 476 g/mol. The molecule has 9 heteroatoms. The third-order valence-electron chi connectivity index (χ3n) is 6.21. The van der Waals surface area contributed by atoms with Crippen LogP contribution in [0.3, 0.4) is 0 Å². The van der Waals surface area contributed by atoms with Crippen LogP contribution in [0.4, 0.5) is 0 Å². The molecule has 2 N–H and O–H groups in total. The van der Waals surface area contributed by atoms with Crippen LogP contribution in [-0.4, -0.2) is 96.6 Å². The minimum Gasteiger partial charge on any atom is -0.461 e. The molecule has 2 heterocycles. The molecule has 3 atom stereocenters. The maximum absolute atomic E-state index is 13.3. The molecule has 0 aliphatic carbocycles. The second-order valence-corrected chi connectivity index (χ2v) is 8.83. The minimum atomic E-state index is -1.18. The van der Waals surface area contributed by atoms with Crippen LogP contribution in [0.25, 0.3) is 11.0 Å². The number of fused-ring (bicyclic) bond motifs is 1. The number of hydrogen-bond acceptors (Lipinski definition) is 7. The second-order valence-electron chi connectivity index (χ2n) is 8.83. The highest BCUT2D eigenvalue weighted by Gasteiger charge is 2.29. The topological polar surface area (TPSA) is 113 Å². The molecule has 2 amide bonds. The van der Waals surface area contributed by atoms with Crippen LogP contribution in [0, 0.1) is 6.92 Å². The Kier molecular flexibility index (Phi) is 9.46. The number of aliphatic hydroxyl groups excluding tert-OH is 2. The Bertz CT molecular complexity index is 960. The normalized spacial score (nSPS) is 24.0. The van der Waals surface area contributed by atoms with Gasteiger partial charge in [0.1, 0.15) is 29.7 Å². The van der Waals surface area contributed by atoms with Crippen molar-refractivity contribution < 1.29 is 33.7 Å². The number of hydrogen-bond donors (Lipinski definition) is 2. The number of aliphatic hydroxyl groups is 2. The van der Waals surface area contributed by atoms with Crippen molar-refractivity contribution in [2.24, 2.45) is 0 Å². The predicted octanol–water partition coefficient (Wildman–Crippen LogP) is 1.97. The van der Waals surface area contributed by atoms with Crippen molar-refractivity contribution in [3.05, 3.63) is 35.6 Å². The summed E-state index contributed by atoms with van der Waals surface area (Å²) in [5.41, 5.74) is 1.34. The van der Waals surface area contributed by atoms with Gasteiger partial charge in [0.15, 0.2) is 0 Å². The van der Waals surface area contributed by atoms with Crippen molar-refractivity contribution in [1.82, 2.24) is 9.80 Å². The number of aryl methyl sites for hydroxylation is 1. The van der Waals surface area contributed by atoms with Crippen LogP contribution in [0.1, 0.15) is 42.3 Å². The standard InChI is InChI=1S/C25H36N2O7/c1-17-13-20-14-19(7-8-22(20)34-17)25(31)26-9-4-5-12-33-16-21(29)24(30)23(32-3)15-27(18(2)28)11-6-10-26/h7-8,13-14,21,23-24,29-30H,4-6,9-12,15-16H2,1-3H3/t21-,23-,24-/m0/s1. The molecule has 2 aromatic rings. The first-order chi connectivity index (χ1) is 16.3. The van der Waals surface area contributed by atoms with Crippen molar-refractivity contribution in [2.45, 2.75) is 51.4 Å². The summed E-state index contributed by atoms with van der Waals surface area (Å²) in [5, 5.41) is 21.6. The number of benzene rings is 1. The van der Waals surface area contributed by atoms with Crippen LogP contribution < -0.4 is 0 Å². The molecule has 0 radical (unpaired) electrons. The molecule has 34 heavy (non-hydrogen) atoms. The summed E-state index contributed by atoms with van der Waals surface area (Å²) in [4.78, 5) is 28.9. The number of amides is 2. The van der Waals surface area contributed by atoms with Crippen molar-refractivity contribution in [3.63, 3.8) is 0 Å². The van der Waals surface area contributed by atoms with Crippen molar-refractivity contribution in [3.8, 4) is 0 Å². The van der Waals surface area contributed by atoms with Crippen LogP contribution >= 0.6 is 0 Å². The van der Waals surface area contributed by atoms with Crippen molar-refractivity contribution >= 4 is 22.8 Å². The van der Waals surface area contributed by atoms with Gasteiger partial charge in [0.2, 0.25) is 5.91 Å². The number of carbonyl (C=O) groups excluding carboxylic acids is 2. The Morgan fingerprint density at radius 3 is 2.53 bits per heavy atom. The van der Waals surface area contributed by atoms with E-state index in [1.807, 2.05) is 30.0 Å². The molecule has 0 bridgehead atoms. The van der Waals surface area contributed by atoms with Crippen LogP contribution in [0.2, 0.25) is 0 Å². The van der Waals surface area contributed by atoms with Gasteiger partial charge in [-0.05, 0) is 50.5 Å². The quantitative estimate of drug-likeness (QED) is 0.681. The molecule has 1 aliphatic rings. The highest BCUT2D eigenvalue weighted by molar-refractivity contribution is 5.97. The van der Waals surface area contributed by atoms with Gasteiger partial charge in [0, 0.05) is 57.8 Å². The third-order valence-corrected chi connectivity index (χ3v) is 6.21. The average molecular weight is 477 g/mol. The minimum absolute atomic E-state index is 0.0339. The van der Waals surface area contributed by atoms with E-state index >= 15 is 0 Å². The first kappa shape index (κ1) is 26.2. The first-order valence-electron chi connectivity index (χ1n) is 11.8. The molecule has 1 aromatic carbocycles. The zero-order valence-electron chi connectivity index (χ0n) is 20.2. The molecule has 188 valence electrons. The molecule has 1 aromatic heterocycles. The molecule has 0 unspecified atom stereocenters. The molecule has 1 saturated heterocycles. The first-order valence-corrected chi connectivity index (χ1v) is 11.8. The van der Waals surface area contributed by atoms with Gasteiger partial charge < -0.3 is 33.9 Å². The van der Waals surface area contributed by atoms with Gasteiger partial charge in [-0.1, -0.05) is 0 Å². The van der Waals surface area contributed by atoms with E-state index in [-0.39, 0.29) is 25.0 Å². The number of methoxy groups -OCH3 is 1. The predicted molar refractivity (Wildman–Crippen MR) is 127 cm³/mol. The van der Waals surface area contributed by atoms with E-state index in [2.05, 4.69) is 0 Å². The van der Waals surface area contributed by atoms with Crippen LogP contribution in [0.15, 0.2) is 28.7 Å². The second kappa shape index (κ2) is 12.3. The Balaban J connectivity index is 1.75. The Morgan fingerprint density at radius 1 is 1.06 bits per heavy atom. The Hall–Kier alpha value is -2.46. The lowest BCUT2D eigenvalue weighted by molar-refractivity contribution is -0.136. The number of furan rings is 1. The van der Waals surface area contributed by atoms with Crippen molar-refractivity contribution in [2.75, 3.05) is 46.5 Å². The van der Waals surface area contributed by atoms with Gasteiger partial charge in [0.05, 0.1) is 6.61 Å². The summed E-state index contributed by atoms with van der Waals surface area (Å²) in [7, 11) is 1.44. The summed E-state index contributed by atoms with van der Waals surface area (Å²) < 4.78 is 16.5. The van der Waals surface area contributed by atoms with Gasteiger partial charge >= 0.3 is 0 Å². The van der Waals surface area contributed by atoms with E-state index in [1.54, 1.807) is 11.0 Å². The summed E-state index contributed by atoms with van der Waals surface area (Å²) in [6, 6.07) is 7.35. The van der Waals surface area contributed by atoms with Crippen LogP contribution in [-0.2, 0) is 14.3 Å². The molecule has 0 spiro atoms. The lowest BCUT2D eigenvalue weighted by Crippen LogP contribution is -2.48. The highest BCUT2D eigenvalue weighted by Crippen LogP contribution is 2.21. The van der Waals surface area contributed by atoms with Gasteiger partial charge in [-0.3, -0.25) is 9.59 Å². The third kappa shape index (κ3) is 6.79. The van der Waals surface area contributed by atoms with E-state index in [0.29, 0.717) is 44.6 Å². The van der Waals surface area contributed by atoms with E-state index in [9.17, 15) is 19.8 Å². The number of nitrogens with zero attached hydrogens (tertiary/aromatic N) is 2. The smallest absolute Gasteiger partial charge is 0.253 e. The molecular formula is C25H36N2O7. The number of ether oxygens (including phenoxy) is 2. The van der Waals surface area contributed by atoms with Gasteiger partial charge in [0.25, 0.3) is 5.91 Å². The fourth-order valence-corrected chi connectivity index (χ4v) is 4.23. The average Bonchev–Trinajstić information content (AvgIpc) is 3.19. The molecule has 1 fully saturated rings. The summed E-state index contributed by atoms with van der Waals surface area (Å²) in [5.74, 6) is 0.562. The van der Waals surface area contributed by atoms with Gasteiger partial charge in [-0.15, -0.1) is 0 Å². The summed E-state index contributed by atoms with van der Waals surface area (Å²) in [6.07, 6.45) is -1.05.